The first-order chi connectivity index (χ1) is 13.4. The number of hydrogen-bond donors (Lipinski definition) is 0. The smallest absolute Gasteiger partial charge is 0.305 e. The van der Waals surface area contributed by atoms with Crippen LogP contribution in [0.5, 0.6) is 5.75 Å². The second-order valence-corrected chi connectivity index (χ2v) is 8.77. The van der Waals surface area contributed by atoms with Crippen molar-refractivity contribution in [2.75, 3.05) is 14.2 Å². The lowest BCUT2D eigenvalue weighted by Crippen LogP contribution is -2.12. The molecule has 0 unspecified atom stereocenters. The number of rotatable bonds is 7. The average Bonchev–Trinajstić information content (AvgIpc) is 3.10. The first kappa shape index (κ1) is 20.7. The summed E-state index contributed by atoms with van der Waals surface area (Å²) in [5.41, 5.74) is 2.34. The topological polar surface area (TPSA) is 74.6 Å². The highest BCUT2D eigenvalue weighted by atomic mass is 127. The number of benzene rings is 2. The fourth-order valence-electron chi connectivity index (χ4n) is 2.97. The van der Waals surface area contributed by atoms with Gasteiger partial charge in [-0.1, -0.05) is 34.7 Å². The van der Waals surface area contributed by atoms with E-state index in [1.54, 1.807) is 43.6 Å². The Kier molecular flexibility index (Phi) is 6.29. The molecule has 1 aromatic heterocycles. The van der Waals surface area contributed by atoms with Gasteiger partial charge in [-0.3, -0.25) is 4.79 Å². The Morgan fingerprint density at radius 3 is 2.43 bits per heavy atom. The fraction of sp³-hybridized carbons (Fsp3) is 0.250. The highest BCUT2D eigenvalue weighted by Gasteiger charge is 2.22. The summed E-state index contributed by atoms with van der Waals surface area (Å²) in [6.07, 6.45) is 2.11. The number of methoxy groups -OCH3 is 2. The van der Waals surface area contributed by atoms with Crippen molar-refractivity contribution in [3.63, 3.8) is 0 Å². The van der Waals surface area contributed by atoms with Gasteiger partial charge in [0, 0.05) is 22.4 Å². The lowest BCUT2D eigenvalue weighted by atomic mass is 10.1. The van der Waals surface area contributed by atoms with Gasteiger partial charge in [0.2, 0.25) is 0 Å². The van der Waals surface area contributed by atoms with Crippen molar-refractivity contribution in [3.05, 3.63) is 59.8 Å². The maximum Gasteiger partial charge on any atom is 0.305 e. The highest BCUT2D eigenvalue weighted by Crippen LogP contribution is 2.30. The van der Waals surface area contributed by atoms with Crippen LogP contribution in [0.3, 0.4) is 0 Å². The maximum atomic E-state index is 13.2. The SMILES string of the molecule is COC(=O)CCc1cn(S(=O)(=O)c2ccc(CI)cc2)c2ccc(OC)cc12. The predicted octanol–water partition coefficient (Wildman–Crippen LogP) is 3.93. The van der Waals surface area contributed by atoms with Crippen LogP contribution in [0.2, 0.25) is 0 Å². The van der Waals surface area contributed by atoms with E-state index < -0.39 is 10.0 Å². The minimum Gasteiger partial charge on any atom is -0.497 e. The monoisotopic (exact) mass is 513 g/mol. The number of fused-ring (bicyclic) bond motifs is 1. The van der Waals surface area contributed by atoms with Crippen molar-refractivity contribution in [2.24, 2.45) is 0 Å². The highest BCUT2D eigenvalue weighted by molar-refractivity contribution is 14.1. The Morgan fingerprint density at radius 2 is 1.82 bits per heavy atom. The number of hydrogen-bond acceptors (Lipinski definition) is 5. The normalized spacial score (nSPS) is 11.5. The summed E-state index contributed by atoms with van der Waals surface area (Å²) in [5.74, 6) is 0.273. The van der Waals surface area contributed by atoms with Gasteiger partial charge >= 0.3 is 5.97 Å². The molecule has 2 aromatic carbocycles. The van der Waals surface area contributed by atoms with Gasteiger partial charge in [-0.05, 0) is 47.9 Å². The molecule has 1 heterocycles. The summed E-state index contributed by atoms with van der Waals surface area (Å²) < 4.78 is 38.6. The van der Waals surface area contributed by atoms with Crippen molar-refractivity contribution >= 4 is 49.5 Å². The molecule has 28 heavy (non-hydrogen) atoms. The van der Waals surface area contributed by atoms with Crippen LogP contribution in [-0.4, -0.2) is 32.6 Å². The average molecular weight is 513 g/mol. The second-order valence-electron chi connectivity index (χ2n) is 6.19. The zero-order chi connectivity index (χ0) is 20.3. The molecule has 0 spiro atoms. The van der Waals surface area contributed by atoms with Gasteiger partial charge in [0.05, 0.1) is 24.6 Å². The van der Waals surface area contributed by atoms with E-state index in [0.29, 0.717) is 17.7 Å². The van der Waals surface area contributed by atoms with Gasteiger partial charge in [-0.2, -0.15) is 0 Å². The van der Waals surface area contributed by atoms with E-state index in [1.807, 2.05) is 12.1 Å². The minimum atomic E-state index is -3.78. The number of carbonyl (C=O) groups is 1. The fourth-order valence-corrected chi connectivity index (χ4v) is 4.87. The van der Waals surface area contributed by atoms with E-state index in [-0.39, 0.29) is 17.3 Å². The molecule has 6 nitrogen and oxygen atoms in total. The van der Waals surface area contributed by atoms with E-state index in [0.717, 1.165) is 20.9 Å². The van der Waals surface area contributed by atoms with Gasteiger partial charge < -0.3 is 9.47 Å². The lowest BCUT2D eigenvalue weighted by Gasteiger charge is -2.08. The summed E-state index contributed by atoms with van der Waals surface area (Å²) in [6, 6.07) is 12.1. The third kappa shape index (κ3) is 4.02. The maximum absolute atomic E-state index is 13.2. The predicted molar refractivity (Wildman–Crippen MR) is 116 cm³/mol. The van der Waals surface area contributed by atoms with Gasteiger partial charge in [-0.25, -0.2) is 12.4 Å². The number of nitrogens with zero attached hydrogens (tertiary/aromatic N) is 1. The van der Waals surface area contributed by atoms with Crippen LogP contribution in [0, 0.1) is 0 Å². The molecule has 0 aliphatic rings. The van der Waals surface area contributed by atoms with Gasteiger partial charge in [0.15, 0.2) is 0 Å². The zero-order valence-corrected chi connectivity index (χ0v) is 18.5. The summed E-state index contributed by atoms with van der Waals surface area (Å²) in [5, 5.41) is 0.732. The molecule has 0 saturated heterocycles. The number of carbonyl (C=O) groups excluding carboxylic acids is 1. The van der Waals surface area contributed by atoms with Gasteiger partial charge in [0.25, 0.3) is 10.0 Å². The van der Waals surface area contributed by atoms with Crippen molar-refractivity contribution in [3.8, 4) is 5.75 Å². The molecule has 148 valence electrons. The van der Waals surface area contributed by atoms with Crippen LogP contribution in [0.15, 0.2) is 53.6 Å². The minimum absolute atomic E-state index is 0.164. The lowest BCUT2D eigenvalue weighted by molar-refractivity contribution is -0.140. The molecule has 0 bridgehead atoms. The largest absolute Gasteiger partial charge is 0.497 e. The Hall–Kier alpha value is -2.07. The third-order valence-electron chi connectivity index (χ3n) is 4.52. The summed E-state index contributed by atoms with van der Waals surface area (Å²) in [7, 11) is -0.891. The molecular weight excluding hydrogens is 493 g/mol. The summed E-state index contributed by atoms with van der Waals surface area (Å²) in [4.78, 5) is 11.8. The third-order valence-corrected chi connectivity index (χ3v) is 7.09. The molecular formula is C20H20INO5S. The number of halogens is 1. The Morgan fingerprint density at radius 1 is 1.11 bits per heavy atom. The second kappa shape index (κ2) is 8.52. The molecule has 0 saturated carbocycles. The van der Waals surface area contributed by atoms with Crippen molar-refractivity contribution in [1.82, 2.24) is 3.97 Å². The molecule has 0 amide bonds. The standard InChI is InChI=1S/C20H20INO5S/c1-26-16-6-9-19-18(11-16)15(5-10-20(23)27-2)13-22(19)28(24,25)17-7-3-14(12-21)4-8-17/h3-4,6-9,11,13H,5,10,12H2,1-2H3. The Balaban J connectivity index is 2.12. The van der Waals surface area contributed by atoms with Gasteiger partial charge in [0.1, 0.15) is 5.75 Å². The molecule has 3 rings (SSSR count). The summed E-state index contributed by atoms with van der Waals surface area (Å²) >= 11 is 2.23. The van der Waals surface area contributed by atoms with Crippen molar-refractivity contribution < 1.29 is 22.7 Å². The van der Waals surface area contributed by atoms with Crippen molar-refractivity contribution in [2.45, 2.75) is 22.2 Å². The van der Waals surface area contributed by atoms with Crippen LogP contribution in [0.1, 0.15) is 17.5 Å². The first-order valence-corrected chi connectivity index (χ1v) is 11.5. The molecule has 0 aliphatic carbocycles. The van der Waals surface area contributed by atoms with E-state index in [4.69, 9.17) is 9.47 Å². The van der Waals surface area contributed by atoms with Crippen molar-refractivity contribution in [1.29, 1.82) is 0 Å². The zero-order valence-electron chi connectivity index (χ0n) is 15.5. The molecule has 0 atom stereocenters. The van der Waals surface area contributed by atoms with Gasteiger partial charge in [-0.15, -0.1) is 0 Å². The number of ether oxygens (including phenoxy) is 2. The van der Waals surface area contributed by atoms with Crippen LogP contribution < -0.4 is 4.74 Å². The number of aryl methyl sites for hydroxylation is 1. The molecule has 3 aromatic rings. The number of aromatic nitrogens is 1. The molecule has 0 aliphatic heterocycles. The molecule has 0 N–H and O–H groups in total. The van der Waals surface area contributed by atoms with E-state index in [9.17, 15) is 13.2 Å². The van der Waals surface area contributed by atoms with Crippen LogP contribution in [0.25, 0.3) is 10.9 Å². The van der Waals surface area contributed by atoms with E-state index in [1.165, 1.54) is 11.1 Å². The number of alkyl halides is 1. The molecule has 0 fully saturated rings. The van der Waals surface area contributed by atoms with Crippen LogP contribution >= 0.6 is 22.6 Å². The Labute approximate surface area is 177 Å². The number of esters is 1. The van der Waals surface area contributed by atoms with Crippen LogP contribution in [-0.2, 0) is 30.4 Å². The molecule has 8 heteroatoms. The summed E-state index contributed by atoms with van der Waals surface area (Å²) in [6.45, 7) is 0. The first-order valence-electron chi connectivity index (χ1n) is 8.56. The quantitative estimate of drug-likeness (QED) is 0.272. The molecule has 0 radical (unpaired) electrons. The van der Waals surface area contributed by atoms with E-state index >= 15 is 0 Å². The van der Waals surface area contributed by atoms with Crippen LogP contribution in [0.4, 0.5) is 0 Å². The Bertz CT molecular complexity index is 1100. The van der Waals surface area contributed by atoms with E-state index in [2.05, 4.69) is 22.6 Å².